The van der Waals surface area contributed by atoms with Gasteiger partial charge in [0.25, 0.3) is 0 Å². The summed E-state index contributed by atoms with van der Waals surface area (Å²) in [7, 11) is 0. The molecule has 0 amide bonds. The molecule has 0 aliphatic heterocycles. The van der Waals surface area contributed by atoms with Gasteiger partial charge >= 0.3 is 0 Å². The SMILES string of the molecule is CC(Cc1ccccc1F)NC(C)Cn1cccn1. The molecule has 19 heavy (non-hydrogen) atoms. The molecule has 2 rings (SSSR count). The van der Waals surface area contributed by atoms with E-state index in [2.05, 4.69) is 24.3 Å². The Bertz CT molecular complexity index is 496. The first-order chi connectivity index (χ1) is 9.15. The van der Waals surface area contributed by atoms with E-state index in [-0.39, 0.29) is 11.9 Å². The van der Waals surface area contributed by atoms with Gasteiger partial charge in [-0.2, -0.15) is 5.10 Å². The lowest BCUT2D eigenvalue weighted by molar-refractivity contribution is 0.403. The first-order valence-corrected chi connectivity index (χ1v) is 6.62. The monoisotopic (exact) mass is 261 g/mol. The number of rotatable bonds is 6. The van der Waals surface area contributed by atoms with E-state index in [9.17, 15) is 4.39 Å². The maximum absolute atomic E-state index is 13.6. The molecule has 1 heterocycles. The summed E-state index contributed by atoms with van der Waals surface area (Å²) < 4.78 is 15.4. The second-order valence-corrected chi connectivity index (χ2v) is 4.99. The van der Waals surface area contributed by atoms with Crippen LogP contribution < -0.4 is 5.32 Å². The summed E-state index contributed by atoms with van der Waals surface area (Å²) in [5, 5.41) is 7.64. The van der Waals surface area contributed by atoms with Crippen LogP contribution in [-0.2, 0) is 13.0 Å². The standard InChI is InChI=1S/C15H20FN3/c1-12(10-14-6-3-4-7-15(14)16)18-13(2)11-19-9-5-8-17-19/h3-9,12-13,18H,10-11H2,1-2H3. The van der Waals surface area contributed by atoms with Crippen molar-refractivity contribution in [1.82, 2.24) is 15.1 Å². The van der Waals surface area contributed by atoms with E-state index in [4.69, 9.17) is 0 Å². The quantitative estimate of drug-likeness (QED) is 0.866. The van der Waals surface area contributed by atoms with E-state index in [0.717, 1.165) is 12.1 Å². The molecule has 1 N–H and O–H groups in total. The normalized spacial score (nSPS) is 14.3. The van der Waals surface area contributed by atoms with Gasteiger partial charge < -0.3 is 5.32 Å². The van der Waals surface area contributed by atoms with Gasteiger partial charge in [-0.05, 0) is 38.0 Å². The molecule has 1 aromatic carbocycles. The van der Waals surface area contributed by atoms with Crippen molar-refractivity contribution in [2.24, 2.45) is 0 Å². The highest BCUT2D eigenvalue weighted by Crippen LogP contribution is 2.09. The molecule has 0 saturated heterocycles. The molecule has 0 saturated carbocycles. The van der Waals surface area contributed by atoms with Gasteiger partial charge in [0.2, 0.25) is 0 Å². The predicted molar refractivity (Wildman–Crippen MR) is 74.4 cm³/mol. The fourth-order valence-corrected chi connectivity index (χ4v) is 2.28. The van der Waals surface area contributed by atoms with Crippen molar-refractivity contribution in [1.29, 1.82) is 0 Å². The molecule has 1 aromatic heterocycles. The van der Waals surface area contributed by atoms with Crippen LogP contribution in [0.3, 0.4) is 0 Å². The minimum Gasteiger partial charge on any atom is -0.310 e. The molecule has 3 nitrogen and oxygen atoms in total. The minimum atomic E-state index is -0.129. The van der Waals surface area contributed by atoms with Crippen LogP contribution in [0.25, 0.3) is 0 Å². The van der Waals surface area contributed by atoms with Gasteiger partial charge in [-0.15, -0.1) is 0 Å². The van der Waals surface area contributed by atoms with E-state index in [1.807, 2.05) is 29.1 Å². The van der Waals surface area contributed by atoms with Gasteiger partial charge in [-0.1, -0.05) is 18.2 Å². The molecule has 0 bridgehead atoms. The second kappa shape index (κ2) is 6.48. The number of nitrogens with zero attached hydrogens (tertiary/aromatic N) is 2. The molecule has 2 aromatic rings. The first kappa shape index (κ1) is 13.7. The van der Waals surface area contributed by atoms with Gasteiger partial charge in [-0.25, -0.2) is 4.39 Å². The Kier molecular flexibility index (Phi) is 4.68. The predicted octanol–water partition coefficient (Wildman–Crippen LogP) is 2.63. The summed E-state index contributed by atoms with van der Waals surface area (Å²) >= 11 is 0. The average Bonchev–Trinajstić information content (AvgIpc) is 2.84. The lowest BCUT2D eigenvalue weighted by atomic mass is 10.1. The first-order valence-electron chi connectivity index (χ1n) is 6.62. The summed E-state index contributed by atoms with van der Waals surface area (Å²) in [6.07, 6.45) is 4.41. The third-order valence-electron chi connectivity index (χ3n) is 3.07. The van der Waals surface area contributed by atoms with Crippen molar-refractivity contribution in [3.05, 3.63) is 54.1 Å². The molecule has 0 fully saturated rings. The molecule has 4 heteroatoms. The lowest BCUT2D eigenvalue weighted by Crippen LogP contribution is -2.38. The highest BCUT2D eigenvalue weighted by atomic mass is 19.1. The third-order valence-corrected chi connectivity index (χ3v) is 3.07. The van der Waals surface area contributed by atoms with Crippen LogP contribution in [0.4, 0.5) is 4.39 Å². The lowest BCUT2D eigenvalue weighted by Gasteiger charge is -2.20. The fraction of sp³-hybridized carbons (Fsp3) is 0.400. The van der Waals surface area contributed by atoms with Crippen LogP contribution in [-0.4, -0.2) is 21.9 Å². The molecule has 102 valence electrons. The Balaban J connectivity index is 1.84. The Morgan fingerprint density at radius 1 is 1.21 bits per heavy atom. The highest BCUT2D eigenvalue weighted by Gasteiger charge is 2.10. The number of hydrogen-bond acceptors (Lipinski definition) is 2. The molecule has 2 atom stereocenters. The van der Waals surface area contributed by atoms with Crippen molar-refractivity contribution in [2.45, 2.75) is 38.9 Å². The number of benzene rings is 1. The zero-order chi connectivity index (χ0) is 13.7. The molecule has 0 aliphatic rings. The molecular formula is C15H20FN3. The molecule has 2 unspecified atom stereocenters. The van der Waals surface area contributed by atoms with E-state index in [0.29, 0.717) is 12.5 Å². The van der Waals surface area contributed by atoms with E-state index >= 15 is 0 Å². The van der Waals surface area contributed by atoms with Crippen molar-refractivity contribution < 1.29 is 4.39 Å². The molecule has 0 radical (unpaired) electrons. The van der Waals surface area contributed by atoms with Crippen LogP contribution in [0.5, 0.6) is 0 Å². The van der Waals surface area contributed by atoms with Crippen molar-refractivity contribution in [3.8, 4) is 0 Å². The number of nitrogens with one attached hydrogen (secondary N) is 1. The largest absolute Gasteiger partial charge is 0.310 e. The molecular weight excluding hydrogens is 241 g/mol. The third kappa shape index (κ3) is 4.17. The van der Waals surface area contributed by atoms with Crippen LogP contribution >= 0.6 is 0 Å². The van der Waals surface area contributed by atoms with Gasteiger partial charge in [0.1, 0.15) is 5.82 Å². The highest BCUT2D eigenvalue weighted by molar-refractivity contribution is 5.18. The summed E-state index contributed by atoms with van der Waals surface area (Å²) in [5.74, 6) is -0.129. The Hall–Kier alpha value is -1.68. The Morgan fingerprint density at radius 3 is 2.68 bits per heavy atom. The van der Waals surface area contributed by atoms with Crippen LogP contribution in [0.2, 0.25) is 0 Å². The second-order valence-electron chi connectivity index (χ2n) is 4.99. The smallest absolute Gasteiger partial charge is 0.126 e. The van der Waals surface area contributed by atoms with Crippen LogP contribution in [0.1, 0.15) is 19.4 Å². The van der Waals surface area contributed by atoms with Crippen molar-refractivity contribution in [2.75, 3.05) is 0 Å². The van der Waals surface area contributed by atoms with E-state index in [1.54, 1.807) is 12.3 Å². The summed E-state index contributed by atoms with van der Waals surface area (Å²) in [6.45, 7) is 5.00. The molecule has 0 aliphatic carbocycles. The summed E-state index contributed by atoms with van der Waals surface area (Å²) in [4.78, 5) is 0. The summed E-state index contributed by atoms with van der Waals surface area (Å²) in [6, 6.07) is 9.37. The number of halogens is 1. The van der Waals surface area contributed by atoms with Gasteiger partial charge in [0.15, 0.2) is 0 Å². The molecule has 0 spiro atoms. The van der Waals surface area contributed by atoms with Gasteiger partial charge in [0.05, 0.1) is 6.54 Å². The van der Waals surface area contributed by atoms with Crippen molar-refractivity contribution >= 4 is 0 Å². The van der Waals surface area contributed by atoms with E-state index in [1.165, 1.54) is 6.07 Å². The number of aromatic nitrogens is 2. The average molecular weight is 261 g/mol. The van der Waals surface area contributed by atoms with Gasteiger partial charge in [0, 0.05) is 24.5 Å². The van der Waals surface area contributed by atoms with Gasteiger partial charge in [-0.3, -0.25) is 4.68 Å². The zero-order valence-corrected chi connectivity index (χ0v) is 11.4. The maximum Gasteiger partial charge on any atom is 0.126 e. The van der Waals surface area contributed by atoms with Crippen molar-refractivity contribution in [3.63, 3.8) is 0 Å². The zero-order valence-electron chi connectivity index (χ0n) is 11.4. The fourth-order valence-electron chi connectivity index (χ4n) is 2.28. The Labute approximate surface area is 113 Å². The summed E-state index contributed by atoms with van der Waals surface area (Å²) in [5.41, 5.74) is 0.758. The topological polar surface area (TPSA) is 29.9 Å². The Morgan fingerprint density at radius 2 is 2.00 bits per heavy atom. The maximum atomic E-state index is 13.6. The van der Waals surface area contributed by atoms with Crippen LogP contribution in [0.15, 0.2) is 42.7 Å². The number of hydrogen-bond donors (Lipinski definition) is 1. The minimum absolute atomic E-state index is 0.129. The van der Waals surface area contributed by atoms with Crippen LogP contribution in [0, 0.1) is 5.82 Å². The van der Waals surface area contributed by atoms with E-state index < -0.39 is 0 Å².